The van der Waals surface area contributed by atoms with Crippen LogP contribution in [-0.4, -0.2) is 24.5 Å². The number of hydrogen-bond acceptors (Lipinski definition) is 3. The van der Waals surface area contributed by atoms with Crippen LogP contribution in [0.4, 0.5) is 0 Å². The Balaban J connectivity index is 2.46. The van der Waals surface area contributed by atoms with Crippen LogP contribution >= 0.6 is 11.3 Å². The minimum absolute atomic E-state index is 0.549. The van der Waals surface area contributed by atoms with Crippen molar-refractivity contribution in [2.45, 2.75) is 52.7 Å². The van der Waals surface area contributed by atoms with E-state index in [-0.39, 0.29) is 0 Å². The van der Waals surface area contributed by atoms with E-state index in [1.165, 1.54) is 21.7 Å². The molecule has 1 heterocycles. The molecular formula is C16H28N2S. The second-order valence-corrected chi connectivity index (χ2v) is 6.84. The monoisotopic (exact) mass is 280 g/mol. The first kappa shape index (κ1) is 16.4. The lowest BCUT2D eigenvalue weighted by atomic mass is 10.2. The quantitative estimate of drug-likeness (QED) is 0.544. The molecule has 0 aliphatic carbocycles. The maximum Gasteiger partial charge on any atom is 0.0302 e. The van der Waals surface area contributed by atoms with E-state index in [1.54, 1.807) is 0 Å². The van der Waals surface area contributed by atoms with Crippen molar-refractivity contribution in [3.63, 3.8) is 0 Å². The molecule has 1 aromatic rings. The summed E-state index contributed by atoms with van der Waals surface area (Å²) in [4.78, 5) is 5.30. The highest BCUT2D eigenvalue weighted by atomic mass is 32.1. The number of thiophene rings is 1. The highest BCUT2D eigenvalue weighted by Gasteiger charge is 2.08. The van der Waals surface area contributed by atoms with Crippen LogP contribution in [0.1, 0.15) is 42.0 Å². The Bertz CT molecular complexity index is 382. The Morgan fingerprint density at radius 2 is 2.21 bits per heavy atom. The summed E-state index contributed by atoms with van der Waals surface area (Å²) in [6.07, 6.45) is 4.31. The average molecular weight is 280 g/mol. The van der Waals surface area contributed by atoms with E-state index in [1.807, 2.05) is 17.4 Å². The van der Waals surface area contributed by atoms with Gasteiger partial charge in [-0.25, -0.2) is 0 Å². The maximum absolute atomic E-state index is 3.77. The van der Waals surface area contributed by atoms with Crippen molar-refractivity contribution in [1.29, 1.82) is 0 Å². The Kier molecular flexibility index (Phi) is 7.36. The van der Waals surface area contributed by atoms with E-state index >= 15 is 0 Å². The van der Waals surface area contributed by atoms with Gasteiger partial charge in [-0.15, -0.1) is 17.9 Å². The first-order chi connectivity index (χ1) is 9.02. The Hall–Kier alpha value is -0.640. The fourth-order valence-electron chi connectivity index (χ4n) is 2.01. The fraction of sp³-hybridized carbons (Fsp3) is 0.625. The van der Waals surface area contributed by atoms with Gasteiger partial charge in [-0.05, 0) is 45.0 Å². The first-order valence-electron chi connectivity index (χ1n) is 7.14. The van der Waals surface area contributed by atoms with Crippen LogP contribution in [0, 0.1) is 6.92 Å². The summed E-state index contributed by atoms with van der Waals surface area (Å²) in [6, 6.07) is 2.91. The summed E-state index contributed by atoms with van der Waals surface area (Å²) < 4.78 is 0. The molecule has 1 N–H and O–H groups in total. The van der Waals surface area contributed by atoms with Gasteiger partial charge in [0, 0.05) is 28.9 Å². The lowest BCUT2D eigenvalue weighted by Crippen LogP contribution is -2.21. The van der Waals surface area contributed by atoms with Gasteiger partial charge in [-0.1, -0.05) is 19.9 Å². The van der Waals surface area contributed by atoms with Crippen molar-refractivity contribution >= 4 is 11.3 Å². The maximum atomic E-state index is 3.77. The largest absolute Gasteiger partial charge is 0.310 e. The zero-order chi connectivity index (χ0) is 14.3. The molecule has 3 heteroatoms. The lowest BCUT2D eigenvalue weighted by molar-refractivity contribution is 0.323. The molecule has 0 spiro atoms. The zero-order valence-electron chi connectivity index (χ0n) is 12.8. The van der Waals surface area contributed by atoms with E-state index in [0.29, 0.717) is 6.04 Å². The van der Waals surface area contributed by atoms with Crippen molar-refractivity contribution in [2.24, 2.45) is 0 Å². The molecule has 0 bridgehead atoms. The molecular weight excluding hydrogens is 252 g/mol. The lowest BCUT2D eigenvalue weighted by Gasteiger charge is -2.15. The molecule has 19 heavy (non-hydrogen) atoms. The normalized spacial score (nSPS) is 11.5. The minimum Gasteiger partial charge on any atom is -0.310 e. The van der Waals surface area contributed by atoms with Gasteiger partial charge in [-0.3, -0.25) is 0 Å². The SMILES string of the molecule is C=CCCCN(C)Cc1cc(CNC(C)C)sc1C. The number of unbranched alkanes of at least 4 members (excludes halogenated alkanes) is 1. The van der Waals surface area contributed by atoms with E-state index in [4.69, 9.17) is 0 Å². The van der Waals surface area contributed by atoms with E-state index in [2.05, 4.69) is 50.7 Å². The van der Waals surface area contributed by atoms with Crippen molar-refractivity contribution in [3.8, 4) is 0 Å². The van der Waals surface area contributed by atoms with Crippen molar-refractivity contribution in [2.75, 3.05) is 13.6 Å². The van der Waals surface area contributed by atoms with Gasteiger partial charge >= 0.3 is 0 Å². The number of nitrogens with zero attached hydrogens (tertiary/aromatic N) is 1. The van der Waals surface area contributed by atoms with Gasteiger partial charge in [0.1, 0.15) is 0 Å². The van der Waals surface area contributed by atoms with Crippen LogP contribution in [0.2, 0.25) is 0 Å². The Morgan fingerprint density at radius 1 is 1.47 bits per heavy atom. The molecule has 1 aromatic heterocycles. The fourth-order valence-corrected chi connectivity index (χ4v) is 3.02. The van der Waals surface area contributed by atoms with Crippen molar-refractivity contribution in [3.05, 3.63) is 34.0 Å². The molecule has 2 nitrogen and oxygen atoms in total. The van der Waals surface area contributed by atoms with Crippen LogP contribution < -0.4 is 5.32 Å². The molecule has 0 radical (unpaired) electrons. The van der Waals surface area contributed by atoms with E-state index < -0.39 is 0 Å². The molecule has 0 amide bonds. The third-order valence-electron chi connectivity index (χ3n) is 3.14. The molecule has 1 rings (SSSR count). The van der Waals surface area contributed by atoms with Gasteiger partial charge in [0.15, 0.2) is 0 Å². The molecule has 0 aliphatic heterocycles. The number of allylic oxidation sites excluding steroid dienone is 1. The summed E-state index contributed by atoms with van der Waals surface area (Å²) in [6.45, 7) is 13.6. The van der Waals surface area contributed by atoms with Crippen molar-refractivity contribution in [1.82, 2.24) is 10.2 Å². The van der Waals surface area contributed by atoms with E-state index in [9.17, 15) is 0 Å². The Morgan fingerprint density at radius 3 is 2.84 bits per heavy atom. The summed E-state index contributed by atoms with van der Waals surface area (Å²) in [5.74, 6) is 0. The molecule has 0 aliphatic rings. The van der Waals surface area contributed by atoms with Crippen LogP contribution in [0.5, 0.6) is 0 Å². The summed E-state index contributed by atoms with van der Waals surface area (Å²) in [5.41, 5.74) is 1.48. The molecule has 0 saturated heterocycles. The molecule has 0 fully saturated rings. The molecule has 0 unspecified atom stereocenters. The third-order valence-corrected chi connectivity index (χ3v) is 4.24. The third kappa shape index (κ3) is 6.37. The second kappa shape index (κ2) is 8.51. The second-order valence-electron chi connectivity index (χ2n) is 5.50. The standard InChI is InChI=1S/C16H28N2S/c1-6-7-8-9-18(5)12-15-10-16(19-14(15)4)11-17-13(2)3/h6,10,13,17H,1,7-9,11-12H2,2-5H3. The first-order valence-corrected chi connectivity index (χ1v) is 7.95. The van der Waals surface area contributed by atoms with Gasteiger partial charge in [0.25, 0.3) is 0 Å². The van der Waals surface area contributed by atoms with Crippen LogP contribution in [0.3, 0.4) is 0 Å². The predicted octanol–water partition coefficient (Wildman–Crippen LogP) is 3.95. The van der Waals surface area contributed by atoms with Gasteiger partial charge in [0.2, 0.25) is 0 Å². The number of hydrogen-bond donors (Lipinski definition) is 1. The summed E-state index contributed by atoms with van der Waals surface area (Å²) >= 11 is 1.92. The Labute approximate surface area is 122 Å². The highest BCUT2D eigenvalue weighted by Crippen LogP contribution is 2.22. The topological polar surface area (TPSA) is 15.3 Å². The molecule has 0 aromatic carbocycles. The van der Waals surface area contributed by atoms with Gasteiger partial charge in [0.05, 0.1) is 0 Å². The van der Waals surface area contributed by atoms with Gasteiger partial charge in [-0.2, -0.15) is 0 Å². The summed E-state index contributed by atoms with van der Waals surface area (Å²) in [5, 5.41) is 3.48. The molecule has 0 atom stereocenters. The van der Waals surface area contributed by atoms with E-state index in [0.717, 1.165) is 26.1 Å². The number of nitrogens with one attached hydrogen (secondary N) is 1. The zero-order valence-corrected chi connectivity index (χ0v) is 13.6. The highest BCUT2D eigenvalue weighted by molar-refractivity contribution is 7.12. The summed E-state index contributed by atoms with van der Waals surface area (Å²) in [7, 11) is 2.20. The minimum atomic E-state index is 0.549. The average Bonchev–Trinajstić information content (AvgIpc) is 2.68. The van der Waals surface area contributed by atoms with Crippen LogP contribution in [-0.2, 0) is 13.1 Å². The smallest absolute Gasteiger partial charge is 0.0302 e. The van der Waals surface area contributed by atoms with Crippen molar-refractivity contribution < 1.29 is 0 Å². The van der Waals surface area contributed by atoms with Gasteiger partial charge < -0.3 is 10.2 Å². The van der Waals surface area contributed by atoms with Crippen LogP contribution in [0.15, 0.2) is 18.7 Å². The predicted molar refractivity (Wildman–Crippen MR) is 86.8 cm³/mol. The molecule has 108 valence electrons. The molecule has 0 saturated carbocycles. The number of aryl methyl sites for hydroxylation is 1. The number of rotatable bonds is 9. The van der Waals surface area contributed by atoms with Crippen LogP contribution in [0.25, 0.3) is 0 Å².